The highest BCUT2D eigenvalue weighted by Crippen LogP contribution is 2.10. The smallest absolute Gasteiger partial charge is 0.255 e. The molecular formula is C11H16N4O2. The maximum Gasteiger partial charge on any atom is 0.255 e. The maximum atomic E-state index is 11.9. The van der Waals surface area contributed by atoms with Crippen molar-refractivity contribution in [3.8, 4) is 0 Å². The molecule has 1 aromatic heterocycles. The van der Waals surface area contributed by atoms with Gasteiger partial charge in [-0.25, -0.2) is 4.98 Å². The van der Waals surface area contributed by atoms with Crippen LogP contribution in [0.15, 0.2) is 18.3 Å². The van der Waals surface area contributed by atoms with E-state index in [0.717, 1.165) is 0 Å². The zero-order chi connectivity index (χ0) is 12.8. The summed E-state index contributed by atoms with van der Waals surface area (Å²) in [5.74, 6) is -0.461. The molecule has 2 amide bonds. The average Bonchev–Trinajstić information content (AvgIpc) is 2.29. The van der Waals surface area contributed by atoms with Crippen molar-refractivity contribution in [1.29, 1.82) is 0 Å². The summed E-state index contributed by atoms with van der Waals surface area (Å²) in [6.45, 7) is 4.09. The van der Waals surface area contributed by atoms with Gasteiger partial charge in [0.05, 0.1) is 5.56 Å². The van der Waals surface area contributed by atoms with E-state index in [-0.39, 0.29) is 5.91 Å². The molecule has 0 saturated carbocycles. The van der Waals surface area contributed by atoms with Crippen molar-refractivity contribution >= 4 is 17.6 Å². The lowest BCUT2D eigenvalue weighted by molar-refractivity contribution is -0.119. The number of carbonyl (C=O) groups is 2. The Morgan fingerprint density at radius 3 is 2.82 bits per heavy atom. The van der Waals surface area contributed by atoms with E-state index in [1.807, 2.05) is 6.92 Å². The number of carbonyl (C=O) groups excluding carboxylic acids is 2. The highest BCUT2D eigenvalue weighted by molar-refractivity contribution is 6.00. The minimum Gasteiger partial charge on any atom is -0.370 e. The normalized spacial score (nSPS) is 11.6. The zero-order valence-corrected chi connectivity index (χ0v) is 9.86. The van der Waals surface area contributed by atoms with Gasteiger partial charge in [0.15, 0.2) is 0 Å². The van der Waals surface area contributed by atoms with Gasteiger partial charge in [0.2, 0.25) is 5.91 Å². The number of pyridine rings is 1. The molecule has 92 valence electrons. The molecule has 0 aliphatic carbocycles. The van der Waals surface area contributed by atoms with Gasteiger partial charge in [0.1, 0.15) is 11.9 Å². The van der Waals surface area contributed by atoms with E-state index in [2.05, 4.69) is 15.6 Å². The summed E-state index contributed by atoms with van der Waals surface area (Å²) in [7, 11) is 0. The largest absolute Gasteiger partial charge is 0.370 e. The Morgan fingerprint density at radius 1 is 1.53 bits per heavy atom. The van der Waals surface area contributed by atoms with Crippen LogP contribution in [-0.4, -0.2) is 29.4 Å². The fraction of sp³-hybridized carbons (Fsp3) is 0.364. The van der Waals surface area contributed by atoms with Crippen molar-refractivity contribution in [1.82, 2.24) is 10.3 Å². The van der Waals surface area contributed by atoms with E-state index >= 15 is 0 Å². The number of aromatic nitrogens is 1. The summed E-state index contributed by atoms with van der Waals surface area (Å²) >= 11 is 0. The second-order valence-electron chi connectivity index (χ2n) is 3.53. The molecule has 1 rings (SSSR count). The first kappa shape index (κ1) is 13.0. The highest BCUT2D eigenvalue weighted by atomic mass is 16.2. The number of nitrogens with one attached hydrogen (secondary N) is 2. The summed E-state index contributed by atoms with van der Waals surface area (Å²) in [6, 6.07) is 2.58. The first-order chi connectivity index (χ1) is 8.06. The minimum atomic E-state index is -0.711. The lowest BCUT2D eigenvalue weighted by atomic mass is 10.2. The number of rotatable bonds is 5. The standard InChI is InChI=1S/C11H16N4O2/c1-3-13-10-8(5-4-6-14-10)11(17)15-7(2)9(12)16/h4-7H,3H2,1-2H3,(H2,12,16)(H,13,14)(H,15,17). The van der Waals surface area contributed by atoms with Crippen LogP contribution >= 0.6 is 0 Å². The number of hydrogen-bond donors (Lipinski definition) is 3. The Bertz CT molecular complexity index is 420. The predicted octanol–water partition coefficient (Wildman–Crippen LogP) is 0.117. The van der Waals surface area contributed by atoms with Crippen LogP contribution in [0.3, 0.4) is 0 Å². The monoisotopic (exact) mass is 236 g/mol. The molecule has 0 aliphatic heterocycles. The molecule has 0 radical (unpaired) electrons. The van der Waals surface area contributed by atoms with Crippen LogP contribution in [0.4, 0.5) is 5.82 Å². The summed E-state index contributed by atoms with van der Waals surface area (Å²) in [6.07, 6.45) is 1.59. The average molecular weight is 236 g/mol. The second-order valence-corrected chi connectivity index (χ2v) is 3.53. The molecule has 0 fully saturated rings. The van der Waals surface area contributed by atoms with Crippen molar-refractivity contribution in [3.05, 3.63) is 23.9 Å². The molecule has 0 aromatic carbocycles. The van der Waals surface area contributed by atoms with Crippen molar-refractivity contribution < 1.29 is 9.59 Å². The fourth-order valence-electron chi connectivity index (χ4n) is 1.24. The maximum absolute atomic E-state index is 11.9. The van der Waals surface area contributed by atoms with Crippen LogP contribution in [0.2, 0.25) is 0 Å². The number of anilines is 1. The van der Waals surface area contributed by atoms with Gasteiger partial charge in [0.25, 0.3) is 5.91 Å². The van der Waals surface area contributed by atoms with Gasteiger partial charge in [-0.05, 0) is 26.0 Å². The third-order valence-corrected chi connectivity index (χ3v) is 2.17. The van der Waals surface area contributed by atoms with Crippen LogP contribution in [0.5, 0.6) is 0 Å². The molecule has 6 nitrogen and oxygen atoms in total. The molecule has 1 unspecified atom stereocenters. The lowest BCUT2D eigenvalue weighted by Crippen LogP contribution is -2.42. The van der Waals surface area contributed by atoms with E-state index in [0.29, 0.717) is 17.9 Å². The van der Waals surface area contributed by atoms with Gasteiger partial charge in [-0.1, -0.05) is 0 Å². The molecular weight excluding hydrogens is 220 g/mol. The van der Waals surface area contributed by atoms with Crippen LogP contribution in [-0.2, 0) is 4.79 Å². The Balaban J connectivity index is 2.84. The van der Waals surface area contributed by atoms with Crippen molar-refractivity contribution in [2.24, 2.45) is 5.73 Å². The Kier molecular flexibility index (Phi) is 4.45. The molecule has 0 aliphatic rings. The van der Waals surface area contributed by atoms with Crippen LogP contribution in [0.1, 0.15) is 24.2 Å². The Labute approximate surface area is 99.6 Å². The molecule has 17 heavy (non-hydrogen) atoms. The molecule has 1 atom stereocenters. The van der Waals surface area contributed by atoms with Gasteiger partial charge < -0.3 is 16.4 Å². The predicted molar refractivity (Wildman–Crippen MR) is 64.5 cm³/mol. The van der Waals surface area contributed by atoms with Gasteiger partial charge in [-0.2, -0.15) is 0 Å². The van der Waals surface area contributed by atoms with Crippen molar-refractivity contribution in [3.63, 3.8) is 0 Å². The van der Waals surface area contributed by atoms with Crippen LogP contribution in [0.25, 0.3) is 0 Å². The summed E-state index contributed by atoms with van der Waals surface area (Å²) in [5, 5.41) is 5.47. The number of nitrogens with two attached hydrogens (primary N) is 1. The third kappa shape index (κ3) is 3.44. The number of hydrogen-bond acceptors (Lipinski definition) is 4. The number of nitrogens with zero attached hydrogens (tertiary/aromatic N) is 1. The molecule has 0 bridgehead atoms. The third-order valence-electron chi connectivity index (χ3n) is 2.17. The van der Waals surface area contributed by atoms with E-state index in [1.165, 1.54) is 6.92 Å². The van der Waals surface area contributed by atoms with Crippen LogP contribution in [0, 0.1) is 0 Å². The van der Waals surface area contributed by atoms with Gasteiger partial charge in [-0.15, -0.1) is 0 Å². The van der Waals surface area contributed by atoms with Crippen molar-refractivity contribution in [2.45, 2.75) is 19.9 Å². The molecule has 0 saturated heterocycles. The molecule has 6 heteroatoms. The Hall–Kier alpha value is -2.11. The number of amides is 2. The fourth-order valence-corrected chi connectivity index (χ4v) is 1.24. The SMILES string of the molecule is CCNc1ncccc1C(=O)NC(C)C(N)=O. The molecule has 1 aromatic rings. The molecule has 0 spiro atoms. The summed E-state index contributed by atoms with van der Waals surface area (Å²) in [4.78, 5) is 26.8. The van der Waals surface area contributed by atoms with E-state index in [1.54, 1.807) is 18.3 Å². The van der Waals surface area contributed by atoms with Gasteiger partial charge in [-0.3, -0.25) is 9.59 Å². The van der Waals surface area contributed by atoms with E-state index < -0.39 is 11.9 Å². The van der Waals surface area contributed by atoms with E-state index in [4.69, 9.17) is 5.73 Å². The lowest BCUT2D eigenvalue weighted by Gasteiger charge is -2.12. The zero-order valence-electron chi connectivity index (χ0n) is 9.86. The highest BCUT2D eigenvalue weighted by Gasteiger charge is 2.16. The van der Waals surface area contributed by atoms with Crippen LogP contribution < -0.4 is 16.4 Å². The first-order valence-electron chi connectivity index (χ1n) is 5.35. The topological polar surface area (TPSA) is 97.1 Å². The van der Waals surface area contributed by atoms with Crippen molar-refractivity contribution in [2.75, 3.05) is 11.9 Å². The summed E-state index contributed by atoms with van der Waals surface area (Å²) in [5.41, 5.74) is 5.47. The summed E-state index contributed by atoms with van der Waals surface area (Å²) < 4.78 is 0. The molecule has 4 N–H and O–H groups in total. The van der Waals surface area contributed by atoms with E-state index in [9.17, 15) is 9.59 Å². The molecule has 1 heterocycles. The number of primary amides is 1. The van der Waals surface area contributed by atoms with Gasteiger partial charge >= 0.3 is 0 Å². The minimum absolute atomic E-state index is 0.375. The quantitative estimate of drug-likeness (QED) is 0.676. The van der Waals surface area contributed by atoms with Gasteiger partial charge in [0, 0.05) is 12.7 Å². The first-order valence-corrected chi connectivity index (χ1v) is 5.35. The Morgan fingerprint density at radius 2 is 2.24 bits per heavy atom. The second kappa shape index (κ2) is 5.83.